The summed E-state index contributed by atoms with van der Waals surface area (Å²) in [5.74, 6) is -0.256. The second-order valence-electron chi connectivity index (χ2n) is 5.60. The first-order valence-electron chi connectivity index (χ1n) is 6.84. The van der Waals surface area contributed by atoms with Crippen LogP contribution in [0.5, 0.6) is 0 Å². The minimum Gasteiger partial charge on any atom is -0.345 e. The number of rotatable bonds is 3. The van der Waals surface area contributed by atoms with Gasteiger partial charge in [0.1, 0.15) is 0 Å². The lowest BCUT2D eigenvalue weighted by Crippen LogP contribution is -2.48. The molecule has 0 aliphatic heterocycles. The van der Waals surface area contributed by atoms with E-state index < -0.39 is 5.54 Å². The van der Waals surface area contributed by atoms with Gasteiger partial charge in [-0.25, -0.2) is 0 Å². The van der Waals surface area contributed by atoms with E-state index in [0.717, 1.165) is 25.7 Å². The summed E-state index contributed by atoms with van der Waals surface area (Å²) in [7, 11) is 3.39. The first-order chi connectivity index (χ1) is 9.42. The first kappa shape index (κ1) is 17.5. The number of benzene rings is 1. The highest BCUT2D eigenvalue weighted by Crippen LogP contribution is 2.28. The Labute approximate surface area is 131 Å². The summed E-state index contributed by atoms with van der Waals surface area (Å²) in [6.45, 7) is 0. The number of carbonyl (C=O) groups excluding carboxylic acids is 2. The number of hydrogen-bond acceptors (Lipinski definition) is 3. The number of anilines is 1. The highest BCUT2D eigenvalue weighted by molar-refractivity contribution is 6.00. The van der Waals surface area contributed by atoms with Crippen LogP contribution in [-0.2, 0) is 4.79 Å². The van der Waals surface area contributed by atoms with Crippen molar-refractivity contribution in [3.05, 3.63) is 29.8 Å². The predicted octanol–water partition coefficient (Wildman–Crippen LogP) is 2.02. The summed E-state index contributed by atoms with van der Waals surface area (Å²) in [5.41, 5.74) is 6.50. The maximum Gasteiger partial charge on any atom is 0.253 e. The van der Waals surface area contributed by atoms with E-state index in [9.17, 15) is 9.59 Å². The van der Waals surface area contributed by atoms with Gasteiger partial charge in [0.05, 0.1) is 5.54 Å². The Morgan fingerprint density at radius 2 is 1.86 bits per heavy atom. The fraction of sp³-hybridized carbons (Fsp3) is 0.467. The molecule has 6 heteroatoms. The average Bonchev–Trinajstić information content (AvgIpc) is 2.86. The molecule has 0 unspecified atom stereocenters. The highest BCUT2D eigenvalue weighted by atomic mass is 35.5. The van der Waals surface area contributed by atoms with Gasteiger partial charge in [-0.05, 0) is 31.0 Å². The topological polar surface area (TPSA) is 75.4 Å². The molecule has 5 nitrogen and oxygen atoms in total. The van der Waals surface area contributed by atoms with Crippen molar-refractivity contribution in [3.63, 3.8) is 0 Å². The van der Waals surface area contributed by atoms with Crippen LogP contribution in [0.4, 0.5) is 5.69 Å². The maximum atomic E-state index is 12.2. The molecule has 116 valence electrons. The summed E-state index contributed by atoms with van der Waals surface area (Å²) in [6.07, 6.45) is 3.41. The molecule has 0 heterocycles. The van der Waals surface area contributed by atoms with Gasteiger partial charge in [0.25, 0.3) is 5.91 Å². The molecule has 0 aromatic heterocycles. The molecule has 0 saturated heterocycles. The number of nitrogens with two attached hydrogens (primary N) is 1. The van der Waals surface area contributed by atoms with E-state index in [1.165, 1.54) is 4.90 Å². The van der Waals surface area contributed by atoms with Gasteiger partial charge in [0.2, 0.25) is 5.91 Å². The number of amides is 2. The molecular weight excluding hydrogens is 290 g/mol. The molecule has 0 radical (unpaired) electrons. The molecule has 2 rings (SSSR count). The van der Waals surface area contributed by atoms with Crippen molar-refractivity contribution in [1.82, 2.24) is 4.90 Å². The lowest BCUT2D eigenvalue weighted by Gasteiger charge is -2.22. The van der Waals surface area contributed by atoms with Crippen molar-refractivity contribution in [2.45, 2.75) is 31.2 Å². The minimum atomic E-state index is -0.762. The molecule has 0 atom stereocenters. The van der Waals surface area contributed by atoms with Gasteiger partial charge in [0.15, 0.2) is 0 Å². The SMILES string of the molecule is CN(C)C(=O)c1cccc(NC(=O)C2(N)CCCC2)c1.Cl. The van der Waals surface area contributed by atoms with Crippen LogP contribution in [0.15, 0.2) is 24.3 Å². The smallest absolute Gasteiger partial charge is 0.253 e. The van der Waals surface area contributed by atoms with Crippen molar-refractivity contribution < 1.29 is 9.59 Å². The first-order valence-corrected chi connectivity index (χ1v) is 6.84. The Morgan fingerprint density at radius 3 is 2.43 bits per heavy atom. The summed E-state index contributed by atoms with van der Waals surface area (Å²) in [5, 5.41) is 2.82. The van der Waals surface area contributed by atoms with E-state index in [1.54, 1.807) is 38.4 Å². The van der Waals surface area contributed by atoms with Gasteiger partial charge >= 0.3 is 0 Å². The van der Waals surface area contributed by atoms with Crippen LogP contribution in [0.1, 0.15) is 36.0 Å². The number of carbonyl (C=O) groups is 2. The number of nitrogens with one attached hydrogen (secondary N) is 1. The molecule has 1 aliphatic carbocycles. The lowest BCUT2D eigenvalue weighted by molar-refractivity contribution is -0.121. The van der Waals surface area contributed by atoms with Crippen LogP contribution >= 0.6 is 12.4 Å². The fourth-order valence-corrected chi connectivity index (χ4v) is 2.48. The van der Waals surface area contributed by atoms with Crippen LogP contribution in [0.3, 0.4) is 0 Å². The van der Waals surface area contributed by atoms with Gasteiger partial charge in [-0.3, -0.25) is 9.59 Å². The molecule has 1 aromatic rings. The normalized spacial score (nSPS) is 16.0. The Bertz CT molecular complexity index is 525. The molecule has 3 N–H and O–H groups in total. The third-order valence-electron chi connectivity index (χ3n) is 3.72. The summed E-state index contributed by atoms with van der Waals surface area (Å²) in [4.78, 5) is 25.6. The van der Waals surface area contributed by atoms with Gasteiger partial charge in [-0.2, -0.15) is 0 Å². The number of halogens is 1. The molecular formula is C15H22ClN3O2. The van der Waals surface area contributed by atoms with E-state index in [2.05, 4.69) is 5.32 Å². The number of hydrogen-bond donors (Lipinski definition) is 2. The van der Waals surface area contributed by atoms with Crippen molar-refractivity contribution in [1.29, 1.82) is 0 Å². The standard InChI is InChI=1S/C15H21N3O2.ClH/c1-18(2)13(19)11-6-5-7-12(10-11)17-14(20)15(16)8-3-4-9-15;/h5-7,10H,3-4,8-9,16H2,1-2H3,(H,17,20);1H. The average molecular weight is 312 g/mol. The summed E-state index contributed by atoms with van der Waals surface area (Å²) in [6, 6.07) is 6.93. The quantitative estimate of drug-likeness (QED) is 0.896. The number of nitrogens with zero attached hydrogens (tertiary/aromatic N) is 1. The van der Waals surface area contributed by atoms with Gasteiger partial charge in [-0.15, -0.1) is 12.4 Å². The van der Waals surface area contributed by atoms with Crippen molar-refractivity contribution in [2.75, 3.05) is 19.4 Å². The molecule has 1 aliphatic rings. The molecule has 0 bridgehead atoms. The summed E-state index contributed by atoms with van der Waals surface area (Å²) >= 11 is 0. The van der Waals surface area contributed by atoms with E-state index in [0.29, 0.717) is 11.3 Å². The molecule has 0 spiro atoms. The van der Waals surface area contributed by atoms with E-state index in [-0.39, 0.29) is 24.2 Å². The van der Waals surface area contributed by atoms with Crippen LogP contribution < -0.4 is 11.1 Å². The monoisotopic (exact) mass is 311 g/mol. The molecule has 1 aromatic carbocycles. The second-order valence-corrected chi connectivity index (χ2v) is 5.60. The van der Waals surface area contributed by atoms with E-state index in [4.69, 9.17) is 5.73 Å². The minimum absolute atomic E-state index is 0. The highest BCUT2D eigenvalue weighted by Gasteiger charge is 2.36. The van der Waals surface area contributed by atoms with Crippen LogP contribution in [0.2, 0.25) is 0 Å². The van der Waals surface area contributed by atoms with E-state index in [1.807, 2.05) is 0 Å². The third-order valence-corrected chi connectivity index (χ3v) is 3.72. The van der Waals surface area contributed by atoms with Crippen LogP contribution in [-0.4, -0.2) is 36.3 Å². The molecule has 1 saturated carbocycles. The zero-order valence-electron chi connectivity index (χ0n) is 12.4. The van der Waals surface area contributed by atoms with E-state index >= 15 is 0 Å². The van der Waals surface area contributed by atoms with Crippen LogP contribution in [0, 0.1) is 0 Å². The van der Waals surface area contributed by atoms with Gasteiger partial charge in [0, 0.05) is 25.3 Å². The van der Waals surface area contributed by atoms with Crippen molar-refractivity contribution in [2.24, 2.45) is 5.73 Å². The summed E-state index contributed by atoms with van der Waals surface area (Å²) < 4.78 is 0. The van der Waals surface area contributed by atoms with Crippen LogP contribution in [0.25, 0.3) is 0 Å². The van der Waals surface area contributed by atoms with Crippen molar-refractivity contribution >= 4 is 29.9 Å². The van der Waals surface area contributed by atoms with Gasteiger partial charge < -0.3 is 16.0 Å². The zero-order chi connectivity index (χ0) is 14.8. The predicted molar refractivity (Wildman–Crippen MR) is 85.7 cm³/mol. The van der Waals surface area contributed by atoms with Crippen molar-refractivity contribution in [3.8, 4) is 0 Å². The zero-order valence-corrected chi connectivity index (χ0v) is 13.2. The Balaban J connectivity index is 0.00000220. The largest absolute Gasteiger partial charge is 0.345 e. The lowest BCUT2D eigenvalue weighted by atomic mass is 9.98. The molecule has 2 amide bonds. The second kappa shape index (κ2) is 6.91. The Hall–Kier alpha value is -1.59. The fourth-order valence-electron chi connectivity index (χ4n) is 2.48. The Kier molecular flexibility index (Phi) is 5.75. The molecule has 21 heavy (non-hydrogen) atoms. The maximum absolute atomic E-state index is 12.2. The van der Waals surface area contributed by atoms with Gasteiger partial charge in [-0.1, -0.05) is 18.9 Å². The Morgan fingerprint density at radius 1 is 1.24 bits per heavy atom. The third kappa shape index (κ3) is 3.95. The molecule has 1 fully saturated rings.